The molecule has 21 heavy (non-hydrogen) atoms. The van der Waals surface area contributed by atoms with Crippen LogP contribution in [0.25, 0.3) is 0 Å². The number of amides is 1. The number of nitrogens with one attached hydrogen (secondary N) is 1. The number of hydrogen-bond acceptors (Lipinski definition) is 3. The second kappa shape index (κ2) is 6.18. The second-order valence-electron chi connectivity index (χ2n) is 6.62. The normalized spacial score (nSPS) is 19.4. The van der Waals surface area contributed by atoms with Gasteiger partial charge in [0.2, 0.25) is 0 Å². The van der Waals surface area contributed by atoms with E-state index in [0.29, 0.717) is 0 Å². The van der Waals surface area contributed by atoms with Crippen LogP contribution in [0.1, 0.15) is 57.2 Å². The monoisotopic (exact) mass is 308 g/mol. The summed E-state index contributed by atoms with van der Waals surface area (Å²) in [4.78, 5) is 17.4. The van der Waals surface area contributed by atoms with Gasteiger partial charge in [0.25, 0.3) is 0 Å². The van der Waals surface area contributed by atoms with Gasteiger partial charge in [0.15, 0.2) is 0 Å². The fraction of sp³-hybridized carbons (Fsp3) is 0.625. The van der Waals surface area contributed by atoms with Crippen LogP contribution >= 0.6 is 12.2 Å². The average Bonchev–Trinajstić information content (AvgIpc) is 2.37. The molecule has 1 atom stereocenters. The van der Waals surface area contributed by atoms with Gasteiger partial charge < -0.3 is 14.6 Å². The maximum Gasteiger partial charge on any atom is 0.410 e. The molecule has 116 valence electrons. The molecule has 2 rings (SSSR count). The van der Waals surface area contributed by atoms with Gasteiger partial charge in [-0.05, 0) is 64.2 Å². The van der Waals surface area contributed by atoms with Crippen molar-refractivity contribution in [2.24, 2.45) is 0 Å². The smallest absolute Gasteiger partial charge is 0.410 e. The maximum atomic E-state index is 12.4. The Bertz CT molecular complexity index is 574. The number of nitrogens with zero attached hydrogens (tertiary/aromatic N) is 1. The fourth-order valence-corrected chi connectivity index (χ4v) is 2.97. The molecule has 0 bridgehead atoms. The zero-order chi connectivity index (χ0) is 15.6. The van der Waals surface area contributed by atoms with Gasteiger partial charge in [-0.1, -0.05) is 12.2 Å². The molecule has 0 radical (unpaired) electrons. The first kappa shape index (κ1) is 16.0. The summed E-state index contributed by atoms with van der Waals surface area (Å²) < 4.78 is 6.27. The number of ether oxygens (including phenoxy) is 1. The lowest BCUT2D eigenvalue weighted by atomic mass is 9.94. The summed E-state index contributed by atoms with van der Waals surface area (Å²) >= 11 is 5.15. The van der Waals surface area contributed by atoms with E-state index < -0.39 is 5.60 Å². The number of hydrogen-bond donors (Lipinski definition) is 1. The molecule has 1 aliphatic rings. The summed E-state index contributed by atoms with van der Waals surface area (Å²) in [6.07, 6.45) is 4.82. The highest BCUT2D eigenvalue weighted by molar-refractivity contribution is 7.71. The Kier molecular flexibility index (Phi) is 4.71. The summed E-state index contributed by atoms with van der Waals surface area (Å²) in [6, 6.07) is 2.02. The molecule has 1 aromatic rings. The molecule has 1 fully saturated rings. The van der Waals surface area contributed by atoms with Crippen LogP contribution in [0.5, 0.6) is 0 Å². The van der Waals surface area contributed by atoms with E-state index in [4.69, 9.17) is 17.0 Å². The molecule has 1 aromatic heterocycles. The minimum absolute atomic E-state index is 0.0699. The van der Waals surface area contributed by atoms with Crippen molar-refractivity contribution in [2.45, 2.75) is 58.6 Å². The Hall–Kier alpha value is -1.36. The molecule has 2 heterocycles. The molecule has 1 saturated heterocycles. The lowest BCUT2D eigenvalue weighted by Gasteiger charge is -2.37. The number of aryl methyl sites for hydroxylation is 1. The number of rotatable bonds is 1. The molecule has 0 saturated carbocycles. The third-order valence-corrected chi connectivity index (χ3v) is 3.90. The highest BCUT2D eigenvalue weighted by Gasteiger charge is 2.32. The average molecular weight is 308 g/mol. The number of pyridine rings is 1. The van der Waals surface area contributed by atoms with Crippen molar-refractivity contribution in [3.63, 3.8) is 0 Å². The lowest BCUT2D eigenvalue weighted by Crippen LogP contribution is -2.42. The van der Waals surface area contributed by atoms with E-state index in [9.17, 15) is 4.79 Å². The molecule has 0 aromatic carbocycles. The van der Waals surface area contributed by atoms with E-state index in [1.165, 1.54) is 0 Å². The van der Waals surface area contributed by atoms with Gasteiger partial charge in [-0.25, -0.2) is 4.79 Å². The van der Waals surface area contributed by atoms with Gasteiger partial charge in [-0.3, -0.25) is 0 Å². The zero-order valence-corrected chi connectivity index (χ0v) is 14.0. The topological polar surface area (TPSA) is 45.3 Å². The first-order chi connectivity index (χ1) is 9.78. The lowest BCUT2D eigenvalue weighted by molar-refractivity contribution is 0.00942. The summed E-state index contributed by atoms with van der Waals surface area (Å²) in [6.45, 7) is 8.48. The molecule has 0 spiro atoms. The van der Waals surface area contributed by atoms with Gasteiger partial charge in [-0.15, -0.1) is 0 Å². The number of aromatic nitrogens is 1. The maximum absolute atomic E-state index is 12.4. The van der Waals surface area contributed by atoms with Gasteiger partial charge in [-0.2, -0.15) is 0 Å². The standard InChI is InChI=1S/C16H24N2O2S/c1-11-9-14(21)17-10-12(11)13-7-5-6-8-18(13)15(19)20-16(2,3)4/h9-10,13H,5-8H2,1-4H3,(H,17,21)/t13-/m0/s1. The summed E-state index contributed by atoms with van der Waals surface area (Å²) in [5.41, 5.74) is 1.79. The fourth-order valence-electron chi connectivity index (χ4n) is 2.74. The summed E-state index contributed by atoms with van der Waals surface area (Å²) in [5.74, 6) is 0. The number of aromatic amines is 1. The highest BCUT2D eigenvalue weighted by atomic mass is 32.1. The van der Waals surface area contributed by atoms with Crippen molar-refractivity contribution in [2.75, 3.05) is 6.54 Å². The highest BCUT2D eigenvalue weighted by Crippen LogP contribution is 2.33. The van der Waals surface area contributed by atoms with E-state index in [2.05, 4.69) is 4.98 Å². The molecule has 5 heteroatoms. The van der Waals surface area contributed by atoms with E-state index in [0.717, 1.165) is 41.6 Å². The van der Waals surface area contributed by atoms with Crippen LogP contribution in [0.4, 0.5) is 4.79 Å². The van der Waals surface area contributed by atoms with Crippen LogP contribution in [0, 0.1) is 11.6 Å². The number of H-pyrrole nitrogens is 1. The minimum atomic E-state index is -0.468. The second-order valence-corrected chi connectivity index (χ2v) is 7.06. The van der Waals surface area contributed by atoms with Crippen LogP contribution in [0.15, 0.2) is 12.3 Å². The van der Waals surface area contributed by atoms with Gasteiger partial charge in [0.1, 0.15) is 10.2 Å². The summed E-state index contributed by atoms with van der Waals surface area (Å²) in [5, 5.41) is 0. The molecule has 0 aliphatic carbocycles. The number of carbonyl (C=O) groups is 1. The Morgan fingerprint density at radius 1 is 1.43 bits per heavy atom. The third kappa shape index (κ3) is 4.06. The molecule has 0 unspecified atom stereocenters. The van der Waals surface area contributed by atoms with Crippen LogP contribution in [0.2, 0.25) is 0 Å². The van der Waals surface area contributed by atoms with Crippen LogP contribution in [-0.4, -0.2) is 28.1 Å². The van der Waals surface area contributed by atoms with Crippen molar-refractivity contribution in [3.8, 4) is 0 Å². The van der Waals surface area contributed by atoms with Crippen molar-refractivity contribution in [1.29, 1.82) is 0 Å². The Balaban J connectivity index is 2.26. The Morgan fingerprint density at radius 2 is 2.14 bits per heavy atom. The number of piperidine rings is 1. The minimum Gasteiger partial charge on any atom is -0.444 e. The predicted octanol–water partition coefficient (Wildman–Crippen LogP) is 4.51. The Labute approximate surface area is 131 Å². The summed E-state index contributed by atoms with van der Waals surface area (Å²) in [7, 11) is 0. The van der Waals surface area contributed by atoms with Crippen LogP contribution in [-0.2, 0) is 4.74 Å². The van der Waals surface area contributed by atoms with Gasteiger partial charge in [0.05, 0.1) is 6.04 Å². The van der Waals surface area contributed by atoms with Crippen molar-refractivity contribution in [3.05, 3.63) is 28.0 Å². The first-order valence-electron chi connectivity index (χ1n) is 7.47. The molecular weight excluding hydrogens is 284 g/mol. The van der Waals surface area contributed by atoms with Crippen molar-refractivity contribution >= 4 is 18.3 Å². The predicted molar refractivity (Wildman–Crippen MR) is 85.9 cm³/mol. The largest absolute Gasteiger partial charge is 0.444 e. The molecule has 1 amide bonds. The molecule has 4 nitrogen and oxygen atoms in total. The third-order valence-electron chi connectivity index (χ3n) is 3.66. The number of carbonyl (C=O) groups excluding carboxylic acids is 1. The van der Waals surface area contributed by atoms with Gasteiger partial charge in [0, 0.05) is 12.7 Å². The molecule has 1 aliphatic heterocycles. The van der Waals surface area contributed by atoms with E-state index in [-0.39, 0.29) is 12.1 Å². The SMILES string of the molecule is Cc1cc(=S)[nH]cc1[C@@H]1CCCCN1C(=O)OC(C)(C)C. The Morgan fingerprint density at radius 3 is 2.76 bits per heavy atom. The van der Waals surface area contributed by atoms with Crippen molar-refractivity contribution in [1.82, 2.24) is 9.88 Å². The van der Waals surface area contributed by atoms with Gasteiger partial charge >= 0.3 is 6.09 Å². The molecule has 1 N–H and O–H groups in total. The van der Waals surface area contributed by atoms with Crippen LogP contribution in [0.3, 0.4) is 0 Å². The van der Waals surface area contributed by atoms with E-state index in [1.807, 2.05) is 44.9 Å². The zero-order valence-electron chi connectivity index (χ0n) is 13.2. The molecular formula is C16H24N2O2S. The van der Waals surface area contributed by atoms with E-state index in [1.54, 1.807) is 0 Å². The van der Waals surface area contributed by atoms with E-state index >= 15 is 0 Å². The van der Waals surface area contributed by atoms with Crippen LogP contribution < -0.4 is 0 Å². The van der Waals surface area contributed by atoms with Crippen molar-refractivity contribution < 1.29 is 9.53 Å². The number of likely N-dealkylation sites (tertiary alicyclic amines) is 1. The quantitative estimate of drug-likeness (QED) is 0.776. The first-order valence-corrected chi connectivity index (χ1v) is 7.87.